The van der Waals surface area contributed by atoms with Crippen LogP contribution in [0.15, 0.2) is 0 Å². The number of nitrogens with one attached hydrogen (secondary N) is 3. The maximum Gasteiger partial charge on any atom is 0.481 e. The molecule has 3 aliphatic carbocycles. The van der Waals surface area contributed by atoms with Crippen LogP contribution < -0.4 is 16.0 Å². The second-order valence-corrected chi connectivity index (χ2v) is 13.5. The van der Waals surface area contributed by atoms with Gasteiger partial charge in [-0.25, -0.2) is 0 Å². The molecule has 3 N–H and O–H groups in total. The molecular weight excluding hydrogens is 493 g/mol. The van der Waals surface area contributed by atoms with Crippen LogP contribution in [0, 0.1) is 23.2 Å². The Bertz CT molecular complexity index is 852. The van der Waals surface area contributed by atoms with Crippen molar-refractivity contribution in [3.63, 3.8) is 0 Å². The zero-order chi connectivity index (χ0) is 28.8. The first-order chi connectivity index (χ1) is 18.4. The average Bonchev–Trinajstić information content (AvgIpc) is 3.22. The van der Waals surface area contributed by atoms with Crippen molar-refractivity contribution in [3.05, 3.63) is 0 Å². The van der Waals surface area contributed by atoms with Gasteiger partial charge in [0.2, 0.25) is 17.7 Å². The molecule has 1 heterocycles. The molecule has 0 aromatic rings. The van der Waals surface area contributed by atoms with Gasteiger partial charge in [0.05, 0.1) is 17.6 Å². The Morgan fingerprint density at radius 2 is 1.64 bits per heavy atom. The van der Waals surface area contributed by atoms with Crippen LogP contribution in [0.1, 0.15) is 119 Å². The third kappa shape index (κ3) is 7.99. The molecule has 3 amide bonds. The van der Waals surface area contributed by atoms with Gasteiger partial charge >= 0.3 is 7.12 Å². The Labute approximate surface area is 237 Å². The lowest BCUT2D eigenvalue weighted by atomic mass is 9.43. The van der Waals surface area contributed by atoms with Crippen LogP contribution in [0.3, 0.4) is 0 Å². The minimum atomic E-state index is -0.855. The molecule has 0 aromatic carbocycles. The van der Waals surface area contributed by atoms with Gasteiger partial charge in [0.1, 0.15) is 6.04 Å². The number of unbranched alkanes of at least 4 members (excludes halogenated alkanes) is 6. The first-order valence-corrected chi connectivity index (χ1v) is 15.6. The zero-order valence-electron chi connectivity index (χ0n) is 25.6. The summed E-state index contributed by atoms with van der Waals surface area (Å²) in [4.78, 5) is 37.8. The highest BCUT2D eigenvalue weighted by atomic mass is 16.7. The van der Waals surface area contributed by atoms with Crippen molar-refractivity contribution in [2.45, 2.75) is 143 Å². The van der Waals surface area contributed by atoms with Gasteiger partial charge in [-0.05, 0) is 55.8 Å². The molecule has 1 unspecified atom stereocenters. The van der Waals surface area contributed by atoms with Crippen molar-refractivity contribution >= 4 is 24.8 Å². The van der Waals surface area contributed by atoms with Crippen LogP contribution in [0.25, 0.3) is 0 Å². The molecule has 9 heteroatoms. The van der Waals surface area contributed by atoms with Gasteiger partial charge in [0.25, 0.3) is 0 Å². The zero-order valence-corrected chi connectivity index (χ0v) is 25.6. The highest BCUT2D eigenvalue weighted by Gasteiger charge is 2.68. The number of hydrogen-bond donors (Lipinski definition) is 3. The molecule has 1 aliphatic heterocycles. The molecule has 3 saturated carbocycles. The molecule has 4 fully saturated rings. The Balaban J connectivity index is 1.59. The maximum atomic E-state index is 13.5. The molecule has 4 aliphatic rings. The summed E-state index contributed by atoms with van der Waals surface area (Å²) in [7, 11) is -0.536. The van der Waals surface area contributed by atoms with Gasteiger partial charge in [-0.1, -0.05) is 73.1 Å². The van der Waals surface area contributed by atoms with Gasteiger partial charge in [-0.15, -0.1) is 0 Å². The van der Waals surface area contributed by atoms with E-state index in [1.807, 2.05) is 0 Å². The van der Waals surface area contributed by atoms with E-state index >= 15 is 0 Å². The van der Waals surface area contributed by atoms with Crippen molar-refractivity contribution in [1.82, 2.24) is 16.0 Å². The van der Waals surface area contributed by atoms with Crippen LogP contribution in [-0.4, -0.2) is 55.1 Å². The molecule has 0 radical (unpaired) electrons. The van der Waals surface area contributed by atoms with Gasteiger partial charge in [-0.2, -0.15) is 0 Å². The summed E-state index contributed by atoms with van der Waals surface area (Å²) < 4.78 is 13.2. The molecule has 4 rings (SSSR count). The number of amides is 3. The Kier molecular flexibility index (Phi) is 11.3. The van der Waals surface area contributed by atoms with E-state index in [4.69, 9.17) is 9.31 Å². The molecule has 39 heavy (non-hydrogen) atoms. The number of carbonyl (C=O) groups is 3. The first-order valence-electron chi connectivity index (χ1n) is 15.6. The second-order valence-electron chi connectivity index (χ2n) is 13.5. The average molecular weight is 548 g/mol. The summed E-state index contributed by atoms with van der Waals surface area (Å²) in [6.45, 7) is 14.7. The largest absolute Gasteiger partial charge is 0.481 e. The summed E-state index contributed by atoms with van der Waals surface area (Å²) in [5, 5.41) is 8.71. The molecular formula is C30H54BN3O5. The predicted octanol–water partition coefficient (Wildman–Crippen LogP) is 4.55. The van der Waals surface area contributed by atoms with Crippen LogP contribution in [0.4, 0.5) is 0 Å². The summed E-state index contributed by atoms with van der Waals surface area (Å²) >= 11 is 0. The van der Waals surface area contributed by atoms with E-state index < -0.39 is 13.2 Å². The SMILES string of the molecule is CCCCCCCCCC(=O)N[C@@H](CNC(C)=O)C(=O)NC(CC(C)C)B1O[C@@H]2C[C@@H]3C[C@@H](C3(C)C)[C@]2(C)O1. The maximum absolute atomic E-state index is 13.5. The van der Waals surface area contributed by atoms with Crippen molar-refractivity contribution in [2.75, 3.05) is 6.54 Å². The van der Waals surface area contributed by atoms with E-state index in [9.17, 15) is 14.4 Å². The lowest BCUT2D eigenvalue weighted by molar-refractivity contribution is -0.199. The molecule has 6 atom stereocenters. The Morgan fingerprint density at radius 1 is 0.974 bits per heavy atom. The summed E-state index contributed by atoms with van der Waals surface area (Å²) in [5.74, 6) is 0.322. The monoisotopic (exact) mass is 547 g/mol. The highest BCUT2D eigenvalue weighted by molar-refractivity contribution is 6.48. The molecule has 2 bridgehead atoms. The number of hydrogen-bond acceptors (Lipinski definition) is 5. The van der Waals surface area contributed by atoms with Crippen LogP contribution in [0.2, 0.25) is 0 Å². The summed E-state index contributed by atoms with van der Waals surface area (Å²) in [5.41, 5.74) is -0.118. The fourth-order valence-electron chi connectivity index (χ4n) is 7.06. The van der Waals surface area contributed by atoms with Crippen LogP contribution in [0.5, 0.6) is 0 Å². The van der Waals surface area contributed by atoms with Gasteiger partial charge in [0.15, 0.2) is 0 Å². The third-order valence-corrected chi connectivity index (χ3v) is 9.56. The van der Waals surface area contributed by atoms with Gasteiger partial charge in [-0.3, -0.25) is 14.4 Å². The Hall–Kier alpha value is -1.61. The molecule has 0 aromatic heterocycles. The normalized spacial score (nSPS) is 28.3. The van der Waals surface area contributed by atoms with Crippen LogP contribution in [-0.2, 0) is 23.7 Å². The van der Waals surface area contributed by atoms with E-state index in [2.05, 4.69) is 57.5 Å². The third-order valence-electron chi connectivity index (χ3n) is 9.56. The Morgan fingerprint density at radius 3 is 2.26 bits per heavy atom. The van der Waals surface area contributed by atoms with Gasteiger partial charge in [0, 0.05) is 19.9 Å². The van der Waals surface area contributed by atoms with Crippen molar-refractivity contribution in [2.24, 2.45) is 23.2 Å². The van der Waals surface area contributed by atoms with E-state index in [-0.39, 0.29) is 47.3 Å². The van der Waals surface area contributed by atoms with Gasteiger partial charge < -0.3 is 25.3 Å². The summed E-state index contributed by atoms with van der Waals surface area (Å²) in [6.07, 6.45) is 11.1. The lowest BCUT2D eigenvalue weighted by Gasteiger charge is -2.64. The molecule has 1 saturated heterocycles. The second kappa shape index (κ2) is 13.8. The molecule has 0 spiro atoms. The summed E-state index contributed by atoms with van der Waals surface area (Å²) in [6, 6.07) is -0.855. The van der Waals surface area contributed by atoms with Crippen molar-refractivity contribution in [1.29, 1.82) is 0 Å². The smallest absolute Gasteiger partial charge is 0.404 e. The fourth-order valence-corrected chi connectivity index (χ4v) is 7.06. The van der Waals surface area contributed by atoms with E-state index in [1.54, 1.807) is 0 Å². The quantitative estimate of drug-likeness (QED) is 0.194. The number of rotatable bonds is 16. The number of carbonyl (C=O) groups excluding carboxylic acids is 3. The standard InChI is InChI=1S/C30H54BN3O5/c1-8-9-10-11-12-13-14-15-27(36)33-23(19-32-21(4)35)28(37)34-26(16-20(2)3)31-38-25-18-22-17-24(29(22,5)6)30(25,7)39-31/h20,22-26H,8-19H2,1-7H3,(H,32,35)(H,33,36)(H,34,37)/t22-,23-,24-,25+,26?,30-/m0/s1. The minimum absolute atomic E-state index is 0.0303. The lowest BCUT2D eigenvalue weighted by Crippen LogP contribution is -2.65. The fraction of sp³-hybridized carbons (Fsp3) is 0.900. The van der Waals surface area contributed by atoms with Crippen LogP contribution >= 0.6 is 0 Å². The van der Waals surface area contributed by atoms with Crippen molar-refractivity contribution < 1.29 is 23.7 Å². The van der Waals surface area contributed by atoms with E-state index in [1.165, 1.54) is 39.0 Å². The minimum Gasteiger partial charge on any atom is -0.404 e. The van der Waals surface area contributed by atoms with Crippen molar-refractivity contribution in [3.8, 4) is 0 Å². The predicted molar refractivity (Wildman–Crippen MR) is 155 cm³/mol. The highest BCUT2D eigenvalue weighted by Crippen LogP contribution is 2.65. The topological polar surface area (TPSA) is 106 Å². The molecule has 222 valence electrons. The first kappa shape index (κ1) is 31.9. The molecule has 8 nitrogen and oxygen atoms in total. The van der Waals surface area contributed by atoms with E-state index in [0.29, 0.717) is 30.6 Å². The van der Waals surface area contributed by atoms with E-state index in [0.717, 1.165) is 25.7 Å².